The van der Waals surface area contributed by atoms with E-state index in [1.807, 2.05) is 22.6 Å². The first-order valence-corrected chi connectivity index (χ1v) is 12.0. The zero-order valence-electron chi connectivity index (χ0n) is 19.4. The molecule has 0 amide bonds. The van der Waals surface area contributed by atoms with Crippen LogP contribution < -0.4 is 15.1 Å². The molecule has 3 aromatic rings. The van der Waals surface area contributed by atoms with Crippen LogP contribution >= 0.6 is 0 Å². The van der Waals surface area contributed by atoms with Crippen molar-refractivity contribution in [3.05, 3.63) is 47.9 Å². The molecule has 1 saturated carbocycles. The Balaban J connectivity index is 1.19. The molecule has 2 aliphatic heterocycles. The molecule has 3 atom stereocenters. The first-order chi connectivity index (χ1) is 16.8. The van der Waals surface area contributed by atoms with Crippen molar-refractivity contribution in [2.24, 2.45) is 11.8 Å². The minimum absolute atomic E-state index is 0.290. The van der Waals surface area contributed by atoms with Gasteiger partial charge in [0.2, 0.25) is 11.9 Å². The second kappa shape index (κ2) is 8.39. The predicted molar refractivity (Wildman–Crippen MR) is 126 cm³/mol. The first-order valence-electron chi connectivity index (χ1n) is 12.0. The van der Waals surface area contributed by atoms with Crippen LogP contribution in [0.2, 0.25) is 0 Å². The smallest absolute Gasteiger partial charge is 0.356 e. The fourth-order valence-corrected chi connectivity index (χ4v) is 5.71. The van der Waals surface area contributed by atoms with Crippen LogP contribution in [-0.2, 0) is 12.7 Å². The highest BCUT2D eigenvalue weighted by Gasteiger charge is 2.43. The van der Waals surface area contributed by atoms with Gasteiger partial charge in [0.05, 0.1) is 5.56 Å². The lowest BCUT2D eigenvalue weighted by atomic mass is 9.92. The van der Waals surface area contributed by atoms with Gasteiger partial charge in [-0.1, -0.05) is 0 Å². The Labute approximate surface area is 201 Å². The van der Waals surface area contributed by atoms with Gasteiger partial charge in [-0.3, -0.25) is 0 Å². The highest BCUT2D eigenvalue weighted by molar-refractivity contribution is 5.60. The second-order valence-corrected chi connectivity index (χ2v) is 9.70. The summed E-state index contributed by atoms with van der Waals surface area (Å²) in [7, 11) is 0. The summed E-state index contributed by atoms with van der Waals surface area (Å²) in [5, 5.41) is 8.31. The number of alkyl halides is 3. The van der Waals surface area contributed by atoms with Gasteiger partial charge in [-0.15, -0.1) is 5.10 Å². The maximum absolute atomic E-state index is 13.0. The molecular weight excluding hydrogens is 457 g/mol. The molecule has 1 aliphatic carbocycles. The van der Waals surface area contributed by atoms with Gasteiger partial charge >= 0.3 is 6.18 Å². The van der Waals surface area contributed by atoms with E-state index in [-0.39, 0.29) is 6.04 Å². The fraction of sp³-hybridized carbons (Fsp3) is 0.500. The molecule has 2 fully saturated rings. The molecule has 35 heavy (non-hydrogen) atoms. The quantitative estimate of drug-likeness (QED) is 0.593. The molecule has 1 aromatic carbocycles. The zero-order chi connectivity index (χ0) is 24.2. The monoisotopic (exact) mass is 484 g/mol. The molecule has 1 saturated heterocycles. The SMILES string of the molecule is Cc1cc(N2C[C@H]3CC[C@@H](C2)C3Nc2nc3n(n2)CCCN3c2ccc(C(F)(F)F)cc2)ncn1. The summed E-state index contributed by atoms with van der Waals surface area (Å²) in [6.45, 7) is 5.25. The lowest BCUT2D eigenvalue weighted by Gasteiger charge is -2.38. The molecule has 4 heterocycles. The van der Waals surface area contributed by atoms with Gasteiger partial charge in [-0.05, 0) is 62.3 Å². The highest BCUT2D eigenvalue weighted by Crippen LogP contribution is 2.40. The number of fused-ring (bicyclic) bond motifs is 3. The molecule has 0 spiro atoms. The number of aryl methyl sites for hydroxylation is 2. The molecule has 3 aliphatic rings. The van der Waals surface area contributed by atoms with Crippen molar-refractivity contribution >= 4 is 23.4 Å². The summed E-state index contributed by atoms with van der Waals surface area (Å²) in [5.41, 5.74) is 1.00. The van der Waals surface area contributed by atoms with Crippen molar-refractivity contribution in [1.82, 2.24) is 24.7 Å². The summed E-state index contributed by atoms with van der Waals surface area (Å²) in [6, 6.07) is 7.57. The van der Waals surface area contributed by atoms with Crippen LogP contribution in [-0.4, -0.2) is 50.4 Å². The Kier molecular flexibility index (Phi) is 5.30. The minimum atomic E-state index is -4.35. The van der Waals surface area contributed by atoms with Crippen LogP contribution in [0.4, 0.5) is 36.6 Å². The van der Waals surface area contributed by atoms with Crippen molar-refractivity contribution in [2.45, 2.75) is 44.9 Å². The molecule has 2 bridgehead atoms. The Morgan fingerprint density at radius 3 is 2.43 bits per heavy atom. The van der Waals surface area contributed by atoms with Gasteiger partial charge in [-0.25, -0.2) is 14.6 Å². The standard InChI is InChI=1S/C24H27F3N8/c1-15-11-20(29-14-28-15)33-12-16-3-4-17(13-33)21(16)30-22-31-23-34(9-2-10-35(23)32-22)19-7-5-18(6-8-19)24(25,26)27/h5-8,11,14,16-17,21H,2-4,9-10,12-13H2,1H3,(H,30,32)/t16-,17+,21?. The average molecular weight is 485 g/mol. The van der Waals surface area contributed by atoms with Crippen molar-refractivity contribution in [3.8, 4) is 0 Å². The Hall–Kier alpha value is -3.37. The van der Waals surface area contributed by atoms with Gasteiger partial charge in [0, 0.05) is 49.7 Å². The Morgan fingerprint density at radius 2 is 1.74 bits per heavy atom. The maximum Gasteiger partial charge on any atom is 0.416 e. The van der Waals surface area contributed by atoms with Crippen LogP contribution in [0.3, 0.4) is 0 Å². The third kappa shape index (κ3) is 4.17. The highest BCUT2D eigenvalue weighted by atomic mass is 19.4. The number of piperidine rings is 1. The number of hydrogen-bond acceptors (Lipinski definition) is 7. The number of nitrogens with zero attached hydrogens (tertiary/aromatic N) is 7. The van der Waals surface area contributed by atoms with E-state index in [4.69, 9.17) is 10.1 Å². The molecule has 6 rings (SSSR count). The predicted octanol–water partition coefficient (Wildman–Crippen LogP) is 4.26. The number of anilines is 4. The summed E-state index contributed by atoms with van der Waals surface area (Å²) in [4.78, 5) is 17.7. The van der Waals surface area contributed by atoms with Crippen LogP contribution in [0.15, 0.2) is 36.7 Å². The normalized spacial score (nSPS) is 23.9. The molecule has 11 heteroatoms. The molecule has 184 valence electrons. The maximum atomic E-state index is 13.0. The molecule has 0 radical (unpaired) electrons. The van der Waals surface area contributed by atoms with E-state index in [2.05, 4.69) is 20.2 Å². The average Bonchev–Trinajstić information content (AvgIpc) is 3.34. The van der Waals surface area contributed by atoms with Gasteiger partial charge in [0.1, 0.15) is 12.1 Å². The molecular formula is C24H27F3N8. The van der Waals surface area contributed by atoms with E-state index in [1.54, 1.807) is 6.33 Å². The zero-order valence-corrected chi connectivity index (χ0v) is 19.4. The van der Waals surface area contributed by atoms with Crippen molar-refractivity contribution in [2.75, 3.05) is 34.8 Å². The van der Waals surface area contributed by atoms with Gasteiger partial charge in [0.25, 0.3) is 0 Å². The summed E-state index contributed by atoms with van der Waals surface area (Å²) >= 11 is 0. The van der Waals surface area contributed by atoms with E-state index >= 15 is 0 Å². The van der Waals surface area contributed by atoms with E-state index < -0.39 is 11.7 Å². The van der Waals surface area contributed by atoms with E-state index in [9.17, 15) is 13.2 Å². The Morgan fingerprint density at radius 1 is 1.00 bits per heavy atom. The van der Waals surface area contributed by atoms with Crippen molar-refractivity contribution in [3.63, 3.8) is 0 Å². The van der Waals surface area contributed by atoms with Crippen molar-refractivity contribution in [1.29, 1.82) is 0 Å². The van der Waals surface area contributed by atoms with Crippen LogP contribution in [0, 0.1) is 18.8 Å². The van der Waals surface area contributed by atoms with Crippen LogP contribution in [0.1, 0.15) is 30.5 Å². The summed E-state index contributed by atoms with van der Waals surface area (Å²) < 4.78 is 40.8. The first kappa shape index (κ1) is 22.1. The minimum Gasteiger partial charge on any atom is -0.356 e. The number of rotatable bonds is 4. The van der Waals surface area contributed by atoms with Gasteiger partial charge in [-0.2, -0.15) is 18.2 Å². The number of halogens is 3. The van der Waals surface area contributed by atoms with E-state index in [1.165, 1.54) is 12.1 Å². The Bertz CT molecular complexity index is 1190. The third-order valence-corrected chi connectivity index (χ3v) is 7.39. The fourth-order valence-electron chi connectivity index (χ4n) is 5.71. The third-order valence-electron chi connectivity index (χ3n) is 7.39. The number of nitrogens with one attached hydrogen (secondary N) is 1. The summed E-state index contributed by atoms with van der Waals surface area (Å²) in [5.74, 6) is 3.17. The second-order valence-electron chi connectivity index (χ2n) is 9.70. The molecule has 8 nitrogen and oxygen atoms in total. The summed E-state index contributed by atoms with van der Waals surface area (Å²) in [6.07, 6.45) is 0.415. The van der Waals surface area contributed by atoms with Crippen molar-refractivity contribution < 1.29 is 13.2 Å². The number of benzene rings is 1. The molecule has 1 N–H and O–H groups in total. The number of aromatic nitrogens is 5. The van der Waals surface area contributed by atoms with Gasteiger partial charge in [0.15, 0.2) is 0 Å². The topological polar surface area (TPSA) is 75.0 Å². The van der Waals surface area contributed by atoms with Crippen LogP contribution in [0.5, 0.6) is 0 Å². The molecule has 1 unspecified atom stereocenters. The number of hydrogen-bond donors (Lipinski definition) is 1. The lowest BCUT2D eigenvalue weighted by Crippen LogP contribution is -2.48. The van der Waals surface area contributed by atoms with Gasteiger partial charge < -0.3 is 15.1 Å². The van der Waals surface area contributed by atoms with E-state index in [0.29, 0.717) is 36.0 Å². The lowest BCUT2D eigenvalue weighted by molar-refractivity contribution is -0.137. The molecule has 2 aromatic heterocycles. The van der Waals surface area contributed by atoms with Crippen LogP contribution in [0.25, 0.3) is 0 Å². The largest absolute Gasteiger partial charge is 0.416 e. The van der Waals surface area contributed by atoms with E-state index in [0.717, 1.165) is 62.5 Å².